The summed E-state index contributed by atoms with van der Waals surface area (Å²) in [5.41, 5.74) is 0.409. The molecule has 1 aromatic carbocycles. The number of hydrogen-bond donors (Lipinski definition) is 1. The largest absolute Gasteiger partial charge is 0.489 e. The minimum atomic E-state index is -1.11. The predicted molar refractivity (Wildman–Crippen MR) is 82.8 cm³/mol. The van der Waals surface area contributed by atoms with Gasteiger partial charge in [-0.25, -0.2) is 0 Å². The molecule has 0 aliphatic rings. The van der Waals surface area contributed by atoms with Crippen LogP contribution in [0, 0.1) is 0 Å². The molecular weight excluding hydrogens is 318 g/mol. The van der Waals surface area contributed by atoms with Crippen molar-refractivity contribution in [3.63, 3.8) is 0 Å². The van der Waals surface area contributed by atoms with Gasteiger partial charge < -0.3 is 9.84 Å². The number of ether oxygens (including phenoxy) is 1. The van der Waals surface area contributed by atoms with Gasteiger partial charge in [0, 0.05) is 16.2 Å². The molecule has 0 aliphatic heterocycles. The summed E-state index contributed by atoms with van der Waals surface area (Å²) in [4.78, 5) is 4.15. The first-order valence-corrected chi connectivity index (χ1v) is 7.29. The van der Waals surface area contributed by atoms with Gasteiger partial charge in [0.1, 0.15) is 11.4 Å². The lowest BCUT2D eigenvalue weighted by atomic mass is 9.89. The summed E-state index contributed by atoms with van der Waals surface area (Å²) in [6.07, 6.45) is 3.39. The first kappa shape index (κ1) is 15.0. The zero-order valence-corrected chi connectivity index (χ0v) is 13.4. The molecular formula is C16H18BrNO2. The molecule has 0 saturated carbocycles. The van der Waals surface area contributed by atoms with E-state index in [1.54, 1.807) is 19.3 Å². The van der Waals surface area contributed by atoms with Gasteiger partial charge >= 0.3 is 0 Å². The average molecular weight is 336 g/mol. The fraction of sp³-hybridized carbons (Fsp3) is 0.312. The van der Waals surface area contributed by atoms with E-state index < -0.39 is 5.60 Å². The number of hydrogen-bond acceptors (Lipinski definition) is 3. The molecule has 0 saturated heterocycles. The highest BCUT2D eigenvalue weighted by atomic mass is 79.9. The van der Waals surface area contributed by atoms with Crippen molar-refractivity contribution in [3.8, 4) is 5.75 Å². The van der Waals surface area contributed by atoms with Crippen molar-refractivity contribution in [2.45, 2.75) is 32.5 Å². The molecule has 0 bridgehead atoms. The van der Waals surface area contributed by atoms with Gasteiger partial charge in [0.25, 0.3) is 0 Å². The van der Waals surface area contributed by atoms with Crippen molar-refractivity contribution >= 4 is 15.9 Å². The van der Waals surface area contributed by atoms with Crippen molar-refractivity contribution in [1.82, 2.24) is 4.98 Å². The lowest BCUT2D eigenvalue weighted by molar-refractivity contribution is 0.101. The highest BCUT2D eigenvalue weighted by Crippen LogP contribution is 2.31. The maximum atomic E-state index is 10.8. The van der Waals surface area contributed by atoms with Gasteiger partial charge in [0.15, 0.2) is 0 Å². The number of aliphatic hydroxyl groups is 1. The third-order valence-electron chi connectivity index (χ3n) is 3.05. The number of benzene rings is 1. The van der Waals surface area contributed by atoms with Crippen molar-refractivity contribution in [1.29, 1.82) is 0 Å². The van der Waals surface area contributed by atoms with Gasteiger partial charge in [-0.2, -0.15) is 0 Å². The standard InChI is InChI=1S/C16H18BrNO2/c1-11(2)20-15-8-13(9-18-10-15)16(3,19)12-4-6-14(17)7-5-12/h4-11,19H,1-3H3. The van der Waals surface area contributed by atoms with Crippen LogP contribution in [-0.4, -0.2) is 16.2 Å². The van der Waals surface area contributed by atoms with E-state index in [2.05, 4.69) is 20.9 Å². The van der Waals surface area contributed by atoms with Gasteiger partial charge in [-0.15, -0.1) is 0 Å². The Kier molecular flexibility index (Phi) is 4.45. The van der Waals surface area contributed by atoms with E-state index >= 15 is 0 Å². The zero-order chi connectivity index (χ0) is 14.8. The maximum Gasteiger partial charge on any atom is 0.138 e. The van der Waals surface area contributed by atoms with Crippen LogP contribution in [0.2, 0.25) is 0 Å². The molecule has 1 unspecified atom stereocenters. The van der Waals surface area contributed by atoms with Crippen molar-refractivity contribution in [2.75, 3.05) is 0 Å². The number of halogens is 1. The summed E-state index contributed by atoms with van der Waals surface area (Å²) in [5, 5.41) is 10.8. The highest BCUT2D eigenvalue weighted by Gasteiger charge is 2.26. The predicted octanol–water partition coefficient (Wildman–Crippen LogP) is 3.89. The van der Waals surface area contributed by atoms with Crippen LogP contribution >= 0.6 is 15.9 Å². The molecule has 0 amide bonds. The molecule has 1 heterocycles. The van der Waals surface area contributed by atoms with Gasteiger partial charge in [-0.1, -0.05) is 28.1 Å². The first-order chi connectivity index (χ1) is 9.39. The molecule has 0 fully saturated rings. The number of nitrogens with zero attached hydrogens (tertiary/aromatic N) is 1. The van der Waals surface area contributed by atoms with E-state index in [0.29, 0.717) is 11.3 Å². The summed E-state index contributed by atoms with van der Waals surface area (Å²) >= 11 is 3.39. The van der Waals surface area contributed by atoms with Crippen LogP contribution < -0.4 is 4.74 Å². The number of aromatic nitrogens is 1. The lowest BCUT2D eigenvalue weighted by Gasteiger charge is -2.25. The second-order valence-corrected chi connectivity index (χ2v) is 6.07. The van der Waals surface area contributed by atoms with Crippen LogP contribution in [0.3, 0.4) is 0 Å². The molecule has 2 aromatic rings. The fourth-order valence-electron chi connectivity index (χ4n) is 1.96. The van der Waals surface area contributed by atoms with Gasteiger partial charge in [0.2, 0.25) is 0 Å². The fourth-order valence-corrected chi connectivity index (χ4v) is 2.23. The summed E-state index contributed by atoms with van der Waals surface area (Å²) < 4.78 is 6.60. The quantitative estimate of drug-likeness (QED) is 0.921. The Morgan fingerprint density at radius 2 is 1.80 bits per heavy atom. The second kappa shape index (κ2) is 5.94. The average Bonchev–Trinajstić information content (AvgIpc) is 2.39. The van der Waals surface area contributed by atoms with E-state index in [9.17, 15) is 5.11 Å². The number of rotatable bonds is 4. The highest BCUT2D eigenvalue weighted by molar-refractivity contribution is 9.10. The Labute approximate surface area is 127 Å². The van der Waals surface area contributed by atoms with Crippen LogP contribution in [0.15, 0.2) is 47.2 Å². The van der Waals surface area contributed by atoms with E-state index in [4.69, 9.17) is 4.74 Å². The normalized spacial score (nSPS) is 14.1. The Hall–Kier alpha value is -1.39. The van der Waals surface area contributed by atoms with Gasteiger partial charge in [-0.05, 0) is 44.5 Å². The van der Waals surface area contributed by atoms with Gasteiger partial charge in [0.05, 0.1) is 12.3 Å². The summed E-state index contributed by atoms with van der Waals surface area (Å²) in [7, 11) is 0. The molecule has 2 rings (SSSR count). The SMILES string of the molecule is CC(C)Oc1cncc(C(C)(O)c2ccc(Br)cc2)c1. The minimum absolute atomic E-state index is 0.0738. The van der Waals surface area contributed by atoms with Crippen molar-refractivity contribution < 1.29 is 9.84 Å². The van der Waals surface area contributed by atoms with Crippen LogP contribution in [0.1, 0.15) is 31.9 Å². The van der Waals surface area contributed by atoms with Crippen LogP contribution in [0.4, 0.5) is 0 Å². The van der Waals surface area contributed by atoms with Crippen LogP contribution in [0.25, 0.3) is 0 Å². The van der Waals surface area contributed by atoms with E-state index in [0.717, 1.165) is 10.0 Å². The van der Waals surface area contributed by atoms with Crippen LogP contribution in [0.5, 0.6) is 5.75 Å². The molecule has 1 aromatic heterocycles. The van der Waals surface area contributed by atoms with E-state index in [1.165, 1.54) is 0 Å². The smallest absolute Gasteiger partial charge is 0.138 e. The third kappa shape index (κ3) is 3.38. The molecule has 0 radical (unpaired) electrons. The Morgan fingerprint density at radius 3 is 2.40 bits per heavy atom. The molecule has 106 valence electrons. The molecule has 1 atom stereocenters. The topological polar surface area (TPSA) is 42.4 Å². The minimum Gasteiger partial charge on any atom is -0.489 e. The second-order valence-electron chi connectivity index (χ2n) is 5.16. The Morgan fingerprint density at radius 1 is 1.15 bits per heavy atom. The maximum absolute atomic E-state index is 10.8. The Bertz CT molecular complexity index is 579. The third-order valence-corrected chi connectivity index (χ3v) is 3.58. The Balaban J connectivity index is 2.35. The number of pyridine rings is 1. The zero-order valence-electron chi connectivity index (χ0n) is 11.8. The van der Waals surface area contributed by atoms with E-state index in [1.807, 2.05) is 44.2 Å². The molecule has 4 heteroatoms. The van der Waals surface area contributed by atoms with Crippen molar-refractivity contribution in [2.24, 2.45) is 0 Å². The molecule has 0 spiro atoms. The monoisotopic (exact) mass is 335 g/mol. The van der Waals surface area contributed by atoms with Gasteiger partial charge in [-0.3, -0.25) is 4.98 Å². The summed E-state index contributed by atoms with van der Waals surface area (Å²) in [6, 6.07) is 9.42. The summed E-state index contributed by atoms with van der Waals surface area (Å²) in [6.45, 7) is 5.67. The molecule has 3 nitrogen and oxygen atoms in total. The molecule has 1 N–H and O–H groups in total. The van der Waals surface area contributed by atoms with E-state index in [-0.39, 0.29) is 6.10 Å². The van der Waals surface area contributed by atoms with Crippen LogP contribution in [-0.2, 0) is 5.60 Å². The first-order valence-electron chi connectivity index (χ1n) is 6.50. The lowest BCUT2D eigenvalue weighted by Crippen LogP contribution is -2.23. The van der Waals surface area contributed by atoms with Crippen molar-refractivity contribution in [3.05, 3.63) is 58.3 Å². The molecule has 0 aliphatic carbocycles. The molecule has 20 heavy (non-hydrogen) atoms. The summed E-state index contributed by atoms with van der Waals surface area (Å²) in [5.74, 6) is 0.662.